The summed E-state index contributed by atoms with van der Waals surface area (Å²) in [6, 6.07) is 7.83. The van der Waals surface area contributed by atoms with Crippen molar-refractivity contribution in [1.29, 1.82) is 0 Å². The molecule has 0 fully saturated rings. The van der Waals surface area contributed by atoms with Crippen molar-refractivity contribution in [3.05, 3.63) is 47.5 Å². The standard InChI is InChI=1S/C14H13BrN4O/c1-18(10-4-3-5-11(8-10)20-2)14-13-16-6-7-19(13)9-12(15)17-14/h3-9H,1-2H3. The zero-order valence-corrected chi connectivity index (χ0v) is 12.7. The second-order valence-electron chi connectivity index (χ2n) is 4.31. The van der Waals surface area contributed by atoms with E-state index in [4.69, 9.17) is 4.74 Å². The fourth-order valence-electron chi connectivity index (χ4n) is 2.05. The molecule has 102 valence electrons. The summed E-state index contributed by atoms with van der Waals surface area (Å²) in [5, 5.41) is 0. The SMILES string of the molecule is COc1cccc(N(C)c2nc(Br)cn3ccnc23)c1. The number of halogens is 1. The van der Waals surface area contributed by atoms with Crippen LogP contribution in [0.4, 0.5) is 11.5 Å². The third kappa shape index (κ3) is 2.22. The number of benzene rings is 1. The summed E-state index contributed by atoms with van der Waals surface area (Å²) in [5.74, 6) is 1.58. The molecule has 0 spiro atoms. The zero-order valence-electron chi connectivity index (χ0n) is 11.1. The van der Waals surface area contributed by atoms with Crippen molar-refractivity contribution in [2.45, 2.75) is 0 Å². The van der Waals surface area contributed by atoms with Gasteiger partial charge in [0.05, 0.1) is 7.11 Å². The molecule has 1 aromatic carbocycles. The number of imidazole rings is 1. The molecule has 0 amide bonds. The van der Waals surface area contributed by atoms with Crippen LogP contribution in [0.3, 0.4) is 0 Å². The van der Waals surface area contributed by atoms with Crippen molar-refractivity contribution in [1.82, 2.24) is 14.4 Å². The highest BCUT2D eigenvalue weighted by Gasteiger charge is 2.13. The molecule has 0 bridgehead atoms. The molecule has 0 atom stereocenters. The average molecular weight is 333 g/mol. The van der Waals surface area contributed by atoms with E-state index in [0.29, 0.717) is 0 Å². The Balaban J connectivity index is 2.11. The summed E-state index contributed by atoms with van der Waals surface area (Å²) in [5.41, 5.74) is 1.79. The predicted molar refractivity (Wildman–Crippen MR) is 81.7 cm³/mol. The van der Waals surface area contributed by atoms with Crippen LogP contribution in [0.2, 0.25) is 0 Å². The Kier molecular flexibility index (Phi) is 3.31. The molecule has 0 saturated heterocycles. The highest BCUT2D eigenvalue weighted by Crippen LogP contribution is 2.28. The van der Waals surface area contributed by atoms with E-state index in [1.54, 1.807) is 13.3 Å². The Bertz CT molecular complexity index is 756. The van der Waals surface area contributed by atoms with E-state index in [-0.39, 0.29) is 0 Å². The maximum absolute atomic E-state index is 5.26. The number of anilines is 2. The number of fused-ring (bicyclic) bond motifs is 1. The van der Waals surface area contributed by atoms with Crippen LogP contribution in [0.5, 0.6) is 5.75 Å². The van der Waals surface area contributed by atoms with Gasteiger partial charge in [0, 0.05) is 37.4 Å². The van der Waals surface area contributed by atoms with Crippen LogP contribution in [0, 0.1) is 0 Å². The van der Waals surface area contributed by atoms with Gasteiger partial charge in [-0.2, -0.15) is 0 Å². The van der Waals surface area contributed by atoms with Crippen molar-refractivity contribution in [2.24, 2.45) is 0 Å². The van der Waals surface area contributed by atoms with Gasteiger partial charge in [0.15, 0.2) is 11.5 Å². The van der Waals surface area contributed by atoms with Gasteiger partial charge in [-0.15, -0.1) is 0 Å². The van der Waals surface area contributed by atoms with Gasteiger partial charge in [-0.25, -0.2) is 9.97 Å². The highest BCUT2D eigenvalue weighted by molar-refractivity contribution is 9.10. The lowest BCUT2D eigenvalue weighted by Crippen LogP contribution is -2.13. The summed E-state index contributed by atoms with van der Waals surface area (Å²) in [4.78, 5) is 10.9. The lowest BCUT2D eigenvalue weighted by molar-refractivity contribution is 0.415. The van der Waals surface area contributed by atoms with E-state index in [0.717, 1.165) is 27.5 Å². The molecule has 0 N–H and O–H groups in total. The fraction of sp³-hybridized carbons (Fsp3) is 0.143. The predicted octanol–water partition coefficient (Wildman–Crippen LogP) is 3.27. The first-order valence-electron chi connectivity index (χ1n) is 6.06. The maximum Gasteiger partial charge on any atom is 0.180 e. The Labute approximate surface area is 125 Å². The van der Waals surface area contributed by atoms with E-state index >= 15 is 0 Å². The topological polar surface area (TPSA) is 42.7 Å². The van der Waals surface area contributed by atoms with Crippen LogP contribution in [-0.2, 0) is 0 Å². The first-order valence-corrected chi connectivity index (χ1v) is 6.85. The molecule has 0 saturated carbocycles. The Hall–Kier alpha value is -2.08. The highest BCUT2D eigenvalue weighted by atomic mass is 79.9. The smallest absolute Gasteiger partial charge is 0.180 e. The molecule has 0 radical (unpaired) electrons. The van der Waals surface area contributed by atoms with Crippen molar-refractivity contribution in [3.8, 4) is 5.75 Å². The number of hydrogen-bond acceptors (Lipinski definition) is 4. The molecule has 2 heterocycles. The van der Waals surface area contributed by atoms with Crippen molar-refractivity contribution < 1.29 is 4.74 Å². The van der Waals surface area contributed by atoms with Crippen molar-refractivity contribution >= 4 is 33.1 Å². The maximum atomic E-state index is 5.26. The minimum absolute atomic E-state index is 0.757. The van der Waals surface area contributed by atoms with Crippen molar-refractivity contribution in [2.75, 3.05) is 19.1 Å². The lowest BCUT2D eigenvalue weighted by atomic mass is 10.3. The van der Waals surface area contributed by atoms with E-state index in [1.807, 2.05) is 53.0 Å². The summed E-state index contributed by atoms with van der Waals surface area (Å²) in [7, 11) is 3.61. The van der Waals surface area contributed by atoms with Gasteiger partial charge < -0.3 is 14.0 Å². The Morgan fingerprint density at radius 1 is 1.35 bits per heavy atom. The molecule has 20 heavy (non-hydrogen) atoms. The molecule has 5 nitrogen and oxygen atoms in total. The Morgan fingerprint density at radius 3 is 3.00 bits per heavy atom. The Morgan fingerprint density at radius 2 is 2.20 bits per heavy atom. The quantitative estimate of drug-likeness (QED) is 0.738. The normalized spacial score (nSPS) is 10.8. The number of hydrogen-bond donors (Lipinski definition) is 0. The average Bonchev–Trinajstić information content (AvgIpc) is 2.93. The van der Waals surface area contributed by atoms with Gasteiger partial charge in [-0.1, -0.05) is 6.07 Å². The largest absolute Gasteiger partial charge is 0.497 e. The lowest BCUT2D eigenvalue weighted by Gasteiger charge is -2.19. The van der Waals surface area contributed by atoms with Crippen LogP contribution in [-0.4, -0.2) is 28.5 Å². The molecule has 0 aliphatic rings. The van der Waals surface area contributed by atoms with Gasteiger partial charge >= 0.3 is 0 Å². The van der Waals surface area contributed by atoms with Gasteiger partial charge in [-0.3, -0.25) is 0 Å². The molecule has 0 aliphatic heterocycles. The number of aromatic nitrogens is 3. The van der Waals surface area contributed by atoms with Gasteiger partial charge in [0.25, 0.3) is 0 Å². The first-order chi connectivity index (χ1) is 9.69. The van der Waals surface area contributed by atoms with E-state index in [2.05, 4.69) is 25.9 Å². The molecule has 6 heteroatoms. The van der Waals surface area contributed by atoms with E-state index in [1.165, 1.54) is 0 Å². The van der Waals surface area contributed by atoms with Gasteiger partial charge in [-0.05, 0) is 28.1 Å². The van der Waals surface area contributed by atoms with Crippen LogP contribution >= 0.6 is 15.9 Å². The van der Waals surface area contributed by atoms with Gasteiger partial charge in [0.2, 0.25) is 0 Å². The minimum Gasteiger partial charge on any atom is -0.497 e. The molecular weight excluding hydrogens is 320 g/mol. The third-order valence-electron chi connectivity index (χ3n) is 3.09. The van der Waals surface area contributed by atoms with Crippen LogP contribution in [0.25, 0.3) is 5.65 Å². The number of methoxy groups -OCH3 is 1. The van der Waals surface area contributed by atoms with Crippen molar-refractivity contribution in [3.63, 3.8) is 0 Å². The fourth-order valence-corrected chi connectivity index (χ4v) is 2.44. The molecule has 3 rings (SSSR count). The summed E-state index contributed by atoms with van der Waals surface area (Å²) >= 11 is 3.43. The first kappa shape index (κ1) is 12.9. The van der Waals surface area contributed by atoms with Crippen LogP contribution < -0.4 is 9.64 Å². The molecule has 3 aromatic rings. The molecule has 2 aromatic heterocycles. The van der Waals surface area contributed by atoms with Crippen LogP contribution in [0.15, 0.2) is 47.5 Å². The summed E-state index contributed by atoms with van der Waals surface area (Å²) in [6.07, 6.45) is 5.53. The second-order valence-corrected chi connectivity index (χ2v) is 5.12. The number of ether oxygens (including phenoxy) is 1. The minimum atomic E-state index is 0.757. The van der Waals surface area contributed by atoms with E-state index < -0.39 is 0 Å². The molecular formula is C14H13BrN4O. The third-order valence-corrected chi connectivity index (χ3v) is 3.47. The number of rotatable bonds is 3. The monoisotopic (exact) mass is 332 g/mol. The second kappa shape index (κ2) is 5.13. The number of nitrogens with zero attached hydrogens (tertiary/aromatic N) is 4. The van der Waals surface area contributed by atoms with E-state index in [9.17, 15) is 0 Å². The summed E-state index contributed by atoms with van der Waals surface area (Å²) in [6.45, 7) is 0. The molecule has 0 aliphatic carbocycles. The molecule has 0 unspecified atom stereocenters. The van der Waals surface area contributed by atoms with Crippen LogP contribution in [0.1, 0.15) is 0 Å². The zero-order chi connectivity index (χ0) is 14.1. The van der Waals surface area contributed by atoms with Gasteiger partial charge in [0.1, 0.15) is 10.4 Å². The summed E-state index contributed by atoms with van der Waals surface area (Å²) < 4.78 is 7.95.